The van der Waals surface area contributed by atoms with Gasteiger partial charge in [0, 0.05) is 13.2 Å². The molecule has 0 amide bonds. The van der Waals surface area contributed by atoms with Crippen LogP contribution in [0.2, 0.25) is 0 Å². The molecule has 0 unspecified atom stereocenters. The first kappa shape index (κ1) is 10.3. The molecule has 0 aromatic heterocycles. The fourth-order valence-corrected chi connectivity index (χ4v) is 1.22. The van der Waals surface area contributed by atoms with Gasteiger partial charge in [0.25, 0.3) is 0 Å². The summed E-state index contributed by atoms with van der Waals surface area (Å²) >= 11 is 1.97. The number of hydrogen-bond acceptors (Lipinski definition) is 2. The van der Waals surface area contributed by atoms with Gasteiger partial charge in [-0.3, -0.25) is 0 Å². The minimum absolute atomic E-state index is 0.816. The van der Waals surface area contributed by atoms with Gasteiger partial charge >= 0.3 is 0 Å². The van der Waals surface area contributed by atoms with Crippen LogP contribution in [0.5, 0.6) is 0 Å². The van der Waals surface area contributed by atoms with E-state index in [1.807, 2.05) is 11.8 Å². The molecule has 0 aromatic rings. The molecular formula is C8H17OS. The molecule has 0 aliphatic carbocycles. The Hall–Kier alpha value is 0.310. The molecule has 0 fully saturated rings. The fourth-order valence-electron chi connectivity index (χ4n) is 0.612. The first-order valence-electron chi connectivity index (χ1n) is 3.86. The van der Waals surface area contributed by atoms with Gasteiger partial charge in [-0.2, -0.15) is 11.8 Å². The number of hydrogen-bond donors (Lipinski definition) is 0. The van der Waals surface area contributed by atoms with Gasteiger partial charge in [0.1, 0.15) is 0 Å². The molecule has 0 aliphatic rings. The molecule has 0 aliphatic heterocycles. The van der Waals surface area contributed by atoms with Crippen molar-refractivity contribution in [1.82, 2.24) is 0 Å². The molecule has 1 radical (unpaired) electrons. The van der Waals surface area contributed by atoms with Crippen molar-refractivity contribution in [3.05, 3.63) is 6.92 Å². The van der Waals surface area contributed by atoms with Gasteiger partial charge in [0.2, 0.25) is 0 Å². The lowest BCUT2D eigenvalue weighted by Gasteiger charge is -2.00. The molecular weight excluding hydrogens is 144 g/mol. The second-order valence-electron chi connectivity index (χ2n) is 2.02. The van der Waals surface area contributed by atoms with E-state index in [-0.39, 0.29) is 0 Å². The fraction of sp³-hybridized carbons (Fsp3) is 0.875. The molecule has 0 rings (SSSR count). The van der Waals surface area contributed by atoms with Gasteiger partial charge in [-0.25, -0.2) is 0 Å². The topological polar surface area (TPSA) is 9.23 Å². The normalized spacial score (nSPS) is 10.2. The van der Waals surface area contributed by atoms with Crippen molar-refractivity contribution in [2.24, 2.45) is 0 Å². The Morgan fingerprint density at radius 3 is 2.80 bits per heavy atom. The van der Waals surface area contributed by atoms with Crippen LogP contribution in [0.15, 0.2) is 0 Å². The lowest BCUT2D eigenvalue weighted by molar-refractivity contribution is 0.140. The summed E-state index contributed by atoms with van der Waals surface area (Å²) in [5.74, 6) is 2.45. The molecule has 0 heterocycles. The number of ether oxygens (including phenoxy) is 1. The molecule has 0 atom stereocenters. The standard InChI is InChI=1S/C8H17OS/c1-3-6-9-7-5-8-10-4-2/h1,3-8H2,2H3. The highest BCUT2D eigenvalue weighted by Gasteiger charge is 1.86. The van der Waals surface area contributed by atoms with Crippen LogP contribution in [-0.4, -0.2) is 24.7 Å². The SMILES string of the molecule is [CH2]CCOCCCSCC. The zero-order valence-corrected chi connectivity index (χ0v) is 7.58. The van der Waals surface area contributed by atoms with Crippen molar-refractivity contribution in [2.75, 3.05) is 24.7 Å². The molecule has 10 heavy (non-hydrogen) atoms. The molecule has 0 spiro atoms. The van der Waals surface area contributed by atoms with E-state index in [1.54, 1.807) is 0 Å². The van der Waals surface area contributed by atoms with E-state index in [2.05, 4.69) is 13.8 Å². The first-order valence-corrected chi connectivity index (χ1v) is 5.02. The minimum Gasteiger partial charge on any atom is -0.381 e. The van der Waals surface area contributed by atoms with Crippen LogP contribution in [0, 0.1) is 6.92 Å². The second-order valence-corrected chi connectivity index (χ2v) is 3.41. The van der Waals surface area contributed by atoms with Crippen molar-refractivity contribution < 1.29 is 4.74 Å². The summed E-state index contributed by atoms with van der Waals surface area (Å²) in [7, 11) is 0. The maximum atomic E-state index is 5.25. The molecule has 0 N–H and O–H groups in total. The Balaban J connectivity index is 2.65. The zero-order valence-electron chi connectivity index (χ0n) is 6.77. The third-order valence-corrected chi connectivity index (χ3v) is 2.06. The van der Waals surface area contributed by atoms with Gasteiger partial charge in [0.15, 0.2) is 0 Å². The monoisotopic (exact) mass is 161 g/mol. The molecule has 0 saturated heterocycles. The lowest BCUT2D eigenvalue weighted by Crippen LogP contribution is -1.96. The van der Waals surface area contributed by atoms with Gasteiger partial charge < -0.3 is 4.74 Å². The largest absolute Gasteiger partial charge is 0.381 e. The van der Waals surface area contributed by atoms with Crippen LogP contribution in [0.25, 0.3) is 0 Å². The lowest BCUT2D eigenvalue weighted by atomic mass is 10.5. The second kappa shape index (κ2) is 9.31. The molecule has 0 saturated carbocycles. The quantitative estimate of drug-likeness (QED) is 0.530. The molecule has 61 valence electrons. The van der Waals surface area contributed by atoms with Crippen molar-refractivity contribution in [3.63, 3.8) is 0 Å². The van der Waals surface area contributed by atoms with Gasteiger partial charge in [0.05, 0.1) is 0 Å². The average Bonchev–Trinajstić information content (AvgIpc) is 1.97. The van der Waals surface area contributed by atoms with Crippen LogP contribution in [0.4, 0.5) is 0 Å². The Bertz CT molecular complexity index is 49.2. The van der Waals surface area contributed by atoms with Gasteiger partial charge in [-0.05, 0) is 24.3 Å². The van der Waals surface area contributed by atoms with Gasteiger partial charge in [-0.1, -0.05) is 13.8 Å². The van der Waals surface area contributed by atoms with Crippen molar-refractivity contribution in [1.29, 1.82) is 0 Å². The Kier molecular flexibility index (Phi) is 9.60. The summed E-state index contributed by atoms with van der Waals surface area (Å²) in [5.41, 5.74) is 0. The maximum Gasteiger partial charge on any atom is 0.0473 e. The van der Waals surface area contributed by atoms with Crippen LogP contribution in [-0.2, 0) is 4.74 Å². The van der Waals surface area contributed by atoms with Crippen LogP contribution in [0.3, 0.4) is 0 Å². The van der Waals surface area contributed by atoms with Crippen LogP contribution < -0.4 is 0 Å². The summed E-state index contributed by atoms with van der Waals surface area (Å²) in [6.07, 6.45) is 2.07. The molecule has 2 heteroatoms. The zero-order chi connectivity index (χ0) is 7.66. The highest BCUT2D eigenvalue weighted by atomic mass is 32.2. The predicted molar refractivity (Wildman–Crippen MR) is 48.4 cm³/mol. The summed E-state index contributed by atoms with van der Waals surface area (Å²) in [6, 6.07) is 0. The summed E-state index contributed by atoms with van der Waals surface area (Å²) < 4.78 is 5.25. The van der Waals surface area contributed by atoms with E-state index in [0.29, 0.717) is 0 Å². The predicted octanol–water partition coefficient (Wildman–Crippen LogP) is 2.37. The van der Waals surface area contributed by atoms with Crippen molar-refractivity contribution >= 4 is 11.8 Å². The van der Waals surface area contributed by atoms with E-state index < -0.39 is 0 Å². The third-order valence-electron chi connectivity index (χ3n) is 1.07. The van der Waals surface area contributed by atoms with Crippen LogP contribution >= 0.6 is 11.8 Å². The first-order chi connectivity index (χ1) is 4.91. The Morgan fingerprint density at radius 2 is 2.20 bits per heavy atom. The average molecular weight is 161 g/mol. The van der Waals surface area contributed by atoms with E-state index in [4.69, 9.17) is 4.74 Å². The summed E-state index contributed by atoms with van der Waals surface area (Å²) in [5, 5.41) is 0. The minimum atomic E-state index is 0.816. The summed E-state index contributed by atoms with van der Waals surface area (Å²) in [4.78, 5) is 0. The third kappa shape index (κ3) is 8.31. The van der Waals surface area contributed by atoms with Crippen LogP contribution in [0.1, 0.15) is 19.8 Å². The maximum absolute atomic E-state index is 5.25. The molecule has 0 aromatic carbocycles. The molecule has 1 nitrogen and oxygen atoms in total. The van der Waals surface area contributed by atoms with Gasteiger partial charge in [-0.15, -0.1) is 0 Å². The number of thioether (sulfide) groups is 1. The van der Waals surface area contributed by atoms with Crippen molar-refractivity contribution in [2.45, 2.75) is 19.8 Å². The highest BCUT2D eigenvalue weighted by molar-refractivity contribution is 7.99. The van der Waals surface area contributed by atoms with E-state index in [1.165, 1.54) is 17.9 Å². The van der Waals surface area contributed by atoms with E-state index >= 15 is 0 Å². The summed E-state index contributed by atoms with van der Waals surface area (Å²) in [6.45, 7) is 7.59. The van der Waals surface area contributed by atoms with E-state index in [0.717, 1.165) is 19.6 Å². The smallest absolute Gasteiger partial charge is 0.0473 e. The Morgan fingerprint density at radius 1 is 1.40 bits per heavy atom. The van der Waals surface area contributed by atoms with Crippen molar-refractivity contribution in [3.8, 4) is 0 Å². The van der Waals surface area contributed by atoms with E-state index in [9.17, 15) is 0 Å². The number of rotatable bonds is 7. The molecule has 0 bridgehead atoms. The highest BCUT2D eigenvalue weighted by Crippen LogP contribution is 2.00. The Labute approximate surface area is 68.5 Å².